The molecule has 1 aromatic carbocycles. The molecule has 1 aromatic heterocycles. The number of sulfonamides is 1. The van der Waals surface area contributed by atoms with E-state index in [1.54, 1.807) is 10.1 Å². The van der Waals surface area contributed by atoms with Crippen molar-refractivity contribution < 1.29 is 37.5 Å². The Hall–Kier alpha value is -4.32. The molecular weight excluding hydrogens is 516 g/mol. The van der Waals surface area contributed by atoms with Crippen LogP contribution in [0.2, 0.25) is 0 Å². The number of hydrazine groups is 1. The summed E-state index contributed by atoms with van der Waals surface area (Å²) in [5.41, 5.74) is 0.460. The molecule has 0 radical (unpaired) electrons. The molecule has 0 bridgehead atoms. The van der Waals surface area contributed by atoms with E-state index in [1.807, 2.05) is 13.8 Å². The first-order valence-electron chi connectivity index (χ1n) is 10.6. The second-order valence-corrected chi connectivity index (χ2v) is 8.64. The van der Waals surface area contributed by atoms with E-state index in [9.17, 15) is 32.7 Å². The van der Waals surface area contributed by atoms with Crippen molar-refractivity contribution in [3.63, 3.8) is 0 Å². The summed E-state index contributed by atoms with van der Waals surface area (Å²) < 4.78 is 33.2. The number of carboxylic acid groups (broad SMARTS) is 1. The van der Waals surface area contributed by atoms with E-state index in [4.69, 9.17) is 4.74 Å². The standard InChI is InChI=1S/C15H18N4O7S.C4H10N4O2/c1-4-8-26-14-16-19(15(23)18(14)3)13(22)17-27(24,25)11-9(2)6-5-7-10(11)12(20)21;1-2-3-10-8-7-4(9)6-5/h5-7H,4,8H2,1-3H3,(H,17,22)(H,20,21);2-3,5H2,1H3,(H,6,9). The Morgan fingerprint density at radius 2 is 1.84 bits per heavy atom. The number of benzene rings is 1. The number of hydrogen-bond acceptors (Lipinski definition) is 11. The number of nitrogens with two attached hydrogens (primary N) is 1. The number of aromatic carboxylic acids is 1. The van der Waals surface area contributed by atoms with Gasteiger partial charge >= 0.3 is 29.7 Å². The van der Waals surface area contributed by atoms with Crippen LogP contribution in [0.3, 0.4) is 0 Å². The predicted octanol–water partition coefficient (Wildman–Crippen LogP) is 0.687. The van der Waals surface area contributed by atoms with Crippen molar-refractivity contribution in [2.45, 2.75) is 38.5 Å². The van der Waals surface area contributed by atoms with Gasteiger partial charge in [-0.2, -0.15) is 0 Å². The minimum absolute atomic E-state index is 0.121. The minimum Gasteiger partial charge on any atom is -0.478 e. The van der Waals surface area contributed by atoms with E-state index in [0.717, 1.165) is 17.1 Å². The highest BCUT2D eigenvalue weighted by Crippen LogP contribution is 2.20. The highest BCUT2D eigenvalue weighted by Gasteiger charge is 2.28. The number of urea groups is 1. The maximum Gasteiger partial charge on any atom is 0.376 e. The summed E-state index contributed by atoms with van der Waals surface area (Å²) in [6, 6.07) is 1.61. The third-order valence-electron chi connectivity index (χ3n) is 4.11. The third-order valence-corrected chi connectivity index (χ3v) is 5.63. The number of rotatable bonds is 9. The monoisotopic (exact) mass is 544 g/mol. The van der Waals surface area contributed by atoms with Gasteiger partial charge in [0.15, 0.2) is 0 Å². The van der Waals surface area contributed by atoms with Gasteiger partial charge in [0.05, 0.1) is 12.2 Å². The van der Waals surface area contributed by atoms with Crippen molar-refractivity contribution >= 4 is 28.1 Å². The lowest BCUT2D eigenvalue weighted by atomic mass is 10.1. The zero-order valence-electron chi connectivity index (χ0n) is 20.5. The molecule has 0 fully saturated rings. The van der Waals surface area contributed by atoms with Gasteiger partial charge in [-0.1, -0.05) is 31.1 Å². The first-order chi connectivity index (χ1) is 17.4. The molecule has 2 aromatic rings. The van der Waals surface area contributed by atoms with Crippen molar-refractivity contribution in [2.75, 3.05) is 13.2 Å². The van der Waals surface area contributed by atoms with Gasteiger partial charge in [0.2, 0.25) is 0 Å². The molecule has 0 atom stereocenters. The van der Waals surface area contributed by atoms with Crippen LogP contribution in [-0.4, -0.2) is 59.1 Å². The molecule has 17 nitrogen and oxygen atoms in total. The van der Waals surface area contributed by atoms with Crippen LogP contribution < -0.4 is 26.4 Å². The van der Waals surface area contributed by atoms with Gasteiger partial charge in [0, 0.05) is 12.3 Å². The van der Waals surface area contributed by atoms with E-state index in [1.165, 1.54) is 26.1 Å². The summed E-state index contributed by atoms with van der Waals surface area (Å²) in [5.74, 6) is 3.20. The highest BCUT2D eigenvalue weighted by atomic mass is 32.2. The van der Waals surface area contributed by atoms with Gasteiger partial charge in [-0.15, -0.1) is 9.78 Å². The molecule has 2 rings (SSSR count). The smallest absolute Gasteiger partial charge is 0.376 e. The zero-order chi connectivity index (χ0) is 28.2. The number of carbonyl (C=O) groups is 3. The Labute approximate surface area is 211 Å². The number of aromatic nitrogens is 3. The van der Waals surface area contributed by atoms with Crippen LogP contribution in [0, 0.1) is 6.92 Å². The minimum atomic E-state index is -4.58. The van der Waals surface area contributed by atoms with E-state index in [2.05, 4.69) is 26.2 Å². The predicted molar refractivity (Wildman–Crippen MR) is 126 cm³/mol. The molecule has 0 aliphatic rings. The van der Waals surface area contributed by atoms with Crippen LogP contribution in [0.1, 0.15) is 42.6 Å². The summed E-state index contributed by atoms with van der Waals surface area (Å²) in [6.45, 7) is 5.82. The van der Waals surface area contributed by atoms with Crippen molar-refractivity contribution in [3.05, 3.63) is 39.8 Å². The van der Waals surface area contributed by atoms with Gasteiger partial charge in [-0.25, -0.2) is 42.7 Å². The van der Waals surface area contributed by atoms with Crippen LogP contribution in [0.25, 0.3) is 0 Å². The molecule has 3 amide bonds. The van der Waals surface area contributed by atoms with Crippen LogP contribution in [0.5, 0.6) is 6.01 Å². The molecule has 0 aliphatic heterocycles. The fraction of sp³-hybridized carbons (Fsp3) is 0.421. The maximum absolute atomic E-state index is 12.6. The van der Waals surface area contributed by atoms with Gasteiger partial charge in [-0.3, -0.25) is 5.43 Å². The average Bonchev–Trinajstić information content (AvgIpc) is 3.13. The number of aryl methyl sites for hydroxylation is 1. The van der Waals surface area contributed by atoms with E-state index in [0.29, 0.717) is 17.7 Å². The molecule has 0 unspecified atom stereocenters. The molecule has 37 heavy (non-hydrogen) atoms. The Kier molecular flexibility index (Phi) is 11.9. The second-order valence-electron chi connectivity index (χ2n) is 7.02. The normalized spacial score (nSPS) is 10.8. The Morgan fingerprint density at radius 3 is 2.41 bits per heavy atom. The first-order valence-corrected chi connectivity index (χ1v) is 12.1. The molecule has 0 spiro atoms. The lowest BCUT2D eigenvalue weighted by molar-refractivity contribution is 0.0692. The number of nitrogens with one attached hydrogen (secondary N) is 2. The number of nitrogens with zero attached hydrogens (tertiary/aromatic N) is 5. The lowest BCUT2D eigenvalue weighted by Crippen LogP contribution is -2.41. The largest absolute Gasteiger partial charge is 0.478 e. The summed E-state index contributed by atoms with van der Waals surface area (Å²) in [7, 11) is -3.27. The molecule has 0 aliphatic carbocycles. The van der Waals surface area contributed by atoms with Crippen LogP contribution in [0.4, 0.5) is 9.59 Å². The van der Waals surface area contributed by atoms with Crippen molar-refractivity contribution in [3.8, 4) is 6.01 Å². The maximum atomic E-state index is 12.6. The summed E-state index contributed by atoms with van der Waals surface area (Å²) in [4.78, 5) is 49.8. The SMILES string of the molecule is CCCON=NC(=O)NN.CCCOc1nn(C(=O)NS(=O)(=O)c2c(C)cccc2C(=O)O)c(=O)n1C. The molecular formula is C19H28N8O9S. The molecule has 0 saturated heterocycles. The van der Waals surface area contributed by atoms with E-state index < -0.39 is 44.2 Å². The second kappa shape index (κ2) is 14.3. The molecule has 0 saturated carbocycles. The molecule has 18 heteroatoms. The summed E-state index contributed by atoms with van der Waals surface area (Å²) in [5, 5.41) is 18.9. The highest BCUT2D eigenvalue weighted by molar-refractivity contribution is 7.90. The Bertz CT molecular complexity index is 1300. The fourth-order valence-electron chi connectivity index (χ4n) is 2.48. The van der Waals surface area contributed by atoms with Crippen molar-refractivity contribution in [1.29, 1.82) is 0 Å². The van der Waals surface area contributed by atoms with Crippen LogP contribution >= 0.6 is 0 Å². The number of ether oxygens (including phenoxy) is 1. The van der Waals surface area contributed by atoms with Crippen LogP contribution in [-0.2, 0) is 21.9 Å². The van der Waals surface area contributed by atoms with Gasteiger partial charge in [-0.05, 0) is 31.4 Å². The van der Waals surface area contributed by atoms with Crippen molar-refractivity contribution in [2.24, 2.45) is 23.3 Å². The summed E-state index contributed by atoms with van der Waals surface area (Å²) >= 11 is 0. The Morgan fingerprint density at radius 1 is 1.19 bits per heavy atom. The fourth-order valence-corrected chi connectivity index (χ4v) is 3.84. The molecule has 204 valence electrons. The number of hydrogen-bond donors (Lipinski definition) is 4. The average molecular weight is 545 g/mol. The molecule has 1 heterocycles. The quantitative estimate of drug-likeness (QED) is 0.112. The molecule has 5 N–H and O–H groups in total. The van der Waals surface area contributed by atoms with Gasteiger partial charge in [0.25, 0.3) is 10.0 Å². The topological polar surface area (TPSA) is 239 Å². The first kappa shape index (κ1) is 30.7. The zero-order valence-corrected chi connectivity index (χ0v) is 21.3. The Balaban J connectivity index is 0.000000580. The summed E-state index contributed by atoms with van der Waals surface area (Å²) in [6.07, 6.45) is 1.45. The lowest BCUT2D eigenvalue weighted by Gasteiger charge is -2.11. The number of amides is 3. The van der Waals surface area contributed by atoms with Crippen molar-refractivity contribution in [1.82, 2.24) is 24.5 Å². The third kappa shape index (κ3) is 8.69. The van der Waals surface area contributed by atoms with Crippen LogP contribution in [0.15, 0.2) is 38.3 Å². The van der Waals surface area contributed by atoms with Gasteiger partial charge < -0.3 is 14.7 Å². The van der Waals surface area contributed by atoms with E-state index >= 15 is 0 Å². The number of carbonyl (C=O) groups excluding carboxylic acids is 2. The number of carboxylic acids is 1. The van der Waals surface area contributed by atoms with E-state index in [-0.39, 0.29) is 18.2 Å². The van der Waals surface area contributed by atoms with Gasteiger partial charge in [0.1, 0.15) is 11.5 Å².